The maximum atomic E-state index is 6.05. The smallest absolute Gasteiger partial charge is 0.0226 e. The molecular weight excluding hydrogens is 208 g/mol. The topological polar surface area (TPSA) is 29.3 Å². The van der Waals surface area contributed by atoms with Gasteiger partial charge < -0.3 is 5.73 Å². The molecule has 2 heteroatoms. The molecule has 1 saturated carbocycles. The van der Waals surface area contributed by atoms with E-state index in [2.05, 4.69) is 25.7 Å². The summed E-state index contributed by atoms with van der Waals surface area (Å²) in [5.74, 6) is 0.984. The second kappa shape index (κ2) is 5.27. The van der Waals surface area contributed by atoms with Crippen LogP contribution in [0.4, 0.5) is 0 Å². The molecule has 1 aliphatic carbocycles. The van der Waals surface area contributed by atoms with Crippen LogP contribution >= 0.6 is 0 Å². The third-order valence-electron chi connectivity index (χ3n) is 4.63. The Labute approximate surface area is 107 Å². The summed E-state index contributed by atoms with van der Waals surface area (Å²) >= 11 is 0. The third kappa shape index (κ3) is 3.23. The number of nitrogens with two attached hydrogens (primary N) is 1. The van der Waals surface area contributed by atoms with Crippen molar-refractivity contribution >= 4 is 0 Å². The molecular formula is C15H30N2. The van der Waals surface area contributed by atoms with E-state index in [0.717, 1.165) is 18.5 Å². The fourth-order valence-electron chi connectivity index (χ4n) is 3.99. The second-order valence-electron chi connectivity index (χ2n) is 7.29. The highest BCUT2D eigenvalue weighted by Gasteiger charge is 2.38. The molecule has 3 atom stereocenters. The molecule has 1 heterocycles. The van der Waals surface area contributed by atoms with Crippen LogP contribution in [0.15, 0.2) is 0 Å². The van der Waals surface area contributed by atoms with Gasteiger partial charge in [-0.3, -0.25) is 4.90 Å². The van der Waals surface area contributed by atoms with Crippen molar-refractivity contribution in [3.05, 3.63) is 0 Å². The van der Waals surface area contributed by atoms with Gasteiger partial charge in [0.2, 0.25) is 0 Å². The Morgan fingerprint density at radius 3 is 2.53 bits per heavy atom. The molecule has 100 valence electrons. The van der Waals surface area contributed by atoms with Gasteiger partial charge in [0.15, 0.2) is 0 Å². The van der Waals surface area contributed by atoms with E-state index in [9.17, 15) is 0 Å². The molecule has 0 radical (unpaired) electrons. The Morgan fingerprint density at radius 2 is 1.88 bits per heavy atom. The lowest BCUT2D eigenvalue weighted by atomic mass is 9.84. The number of piperidine rings is 1. The van der Waals surface area contributed by atoms with Crippen LogP contribution in [0.5, 0.6) is 0 Å². The van der Waals surface area contributed by atoms with Gasteiger partial charge in [-0.15, -0.1) is 0 Å². The Morgan fingerprint density at radius 1 is 1.18 bits per heavy atom. The largest absolute Gasteiger partial charge is 0.329 e. The monoisotopic (exact) mass is 238 g/mol. The van der Waals surface area contributed by atoms with E-state index >= 15 is 0 Å². The molecule has 0 bridgehead atoms. The quantitative estimate of drug-likeness (QED) is 0.819. The molecule has 17 heavy (non-hydrogen) atoms. The average Bonchev–Trinajstić information content (AvgIpc) is 2.72. The van der Waals surface area contributed by atoms with Gasteiger partial charge in [-0.25, -0.2) is 0 Å². The van der Waals surface area contributed by atoms with Crippen molar-refractivity contribution in [3.63, 3.8) is 0 Å². The first-order valence-corrected chi connectivity index (χ1v) is 7.47. The Kier molecular flexibility index (Phi) is 4.14. The summed E-state index contributed by atoms with van der Waals surface area (Å²) in [6.45, 7) is 9.14. The molecule has 0 aromatic carbocycles. The number of fused-ring (bicyclic) bond motifs is 1. The van der Waals surface area contributed by atoms with E-state index < -0.39 is 0 Å². The van der Waals surface area contributed by atoms with Gasteiger partial charge in [0, 0.05) is 18.6 Å². The fraction of sp³-hybridized carbons (Fsp3) is 1.00. The summed E-state index contributed by atoms with van der Waals surface area (Å²) < 4.78 is 0. The van der Waals surface area contributed by atoms with Crippen LogP contribution in [0.2, 0.25) is 0 Å². The van der Waals surface area contributed by atoms with Crippen molar-refractivity contribution in [1.29, 1.82) is 0 Å². The lowest BCUT2D eigenvalue weighted by Crippen LogP contribution is -2.52. The summed E-state index contributed by atoms with van der Waals surface area (Å²) in [7, 11) is 0. The molecule has 2 aliphatic rings. The zero-order chi connectivity index (χ0) is 12.5. The minimum absolute atomic E-state index is 0.398. The van der Waals surface area contributed by atoms with Crippen molar-refractivity contribution in [2.24, 2.45) is 17.1 Å². The first-order valence-electron chi connectivity index (χ1n) is 7.47. The SMILES string of the molecule is CC(C)(C)CC(CN)N1CCCC2CCCC21. The van der Waals surface area contributed by atoms with Gasteiger partial charge in [0.25, 0.3) is 0 Å². The van der Waals surface area contributed by atoms with E-state index in [4.69, 9.17) is 5.73 Å². The molecule has 0 aromatic heterocycles. The van der Waals surface area contributed by atoms with Crippen LogP contribution in [-0.4, -0.2) is 30.1 Å². The van der Waals surface area contributed by atoms with Crippen LogP contribution in [0.1, 0.15) is 59.3 Å². The van der Waals surface area contributed by atoms with Crippen molar-refractivity contribution in [1.82, 2.24) is 4.90 Å². The maximum Gasteiger partial charge on any atom is 0.0226 e. The van der Waals surface area contributed by atoms with Gasteiger partial charge in [0.1, 0.15) is 0 Å². The Bertz CT molecular complexity index is 244. The fourth-order valence-corrected chi connectivity index (χ4v) is 3.99. The first-order chi connectivity index (χ1) is 8.01. The highest BCUT2D eigenvalue weighted by atomic mass is 15.2. The molecule has 0 spiro atoms. The zero-order valence-electron chi connectivity index (χ0n) is 11.9. The molecule has 2 fully saturated rings. The van der Waals surface area contributed by atoms with E-state index in [1.165, 1.54) is 45.1 Å². The molecule has 0 aromatic rings. The third-order valence-corrected chi connectivity index (χ3v) is 4.63. The van der Waals surface area contributed by atoms with Crippen molar-refractivity contribution in [2.75, 3.05) is 13.1 Å². The first kappa shape index (κ1) is 13.4. The van der Waals surface area contributed by atoms with Crippen molar-refractivity contribution < 1.29 is 0 Å². The average molecular weight is 238 g/mol. The van der Waals surface area contributed by atoms with Crippen LogP contribution in [-0.2, 0) is 0 Å². The Hall–Kier alpha value is -0.0800. The molecule has 0 amide bonds. The standard InChI is InChI=1S/C15H30N2/c1-15(2,3)10-13(11-16)17-9-5-7-12-6-4-8-14(12)17/h12-14H,4-11,16H2,1-3H3. The van der Waals surface area contributed by atoms with Crippen LogP contribution in [0.3, 0.4) is 0 Å². The normalized spacial score (nSPS) is 32.5. The lowest BCUT2D eigenvalue weighted by Gasteiger charge is -2.44. The highest BCUT2D eigenvalue weighted by Crippen LogP contribution is 2.39. The summed E-state index contributed by atoms with van der Waals surface area (Å²) in [6.07, 6.45) is 8.43. The number of nitrogens with zero attached hydrogens (tertiary/aromatic N) is 1. The van der Waals surface area contributed by atoms with Gasteiger partial charge in [0.05, 0.1) is 0 Å². The van der Waals surface area contributed by atoms with E-state index in [0.29, 0.717) is 11.5 Å². The van der Waals surface area contributed by atoms with E-state index in [1.54, 1.807) is 0 Å². The second-order valence-corrected chi connectivity index (χ2v) is 7.29. The van der Waals surface area contributed by atoms with Crippen LogP contribution in [0.25, 0.3) is 0 Å². The van der Waals surface area contributed by atoms with Crippen LogP contribution < -0.4 is 5.73 Å². The van der Waals surface area contributed by atoms with Crippen molar-refractivity contribution in [2.45, 2.75) is 71.4 Å². The zero-order valence-corrected chi connectivity index (χ0v) is 11.9. The Balaban J connectivity index is 2.02. The summed E-state index contributed by atoms with van der Waals surface area (Å²) in [5, 5.41) is 0. The molecule has 1 saturated heterocycles. The number of likely N-dealkylation sites (tertiary alicyclic amines) is 1. The molecule has 2 N–H and O–H groups in total. The molecule has 2 nitrogen and oxygen atoms in total. The highest BCUT2D eigenvalue weighted by molar-refractivity contribution is 4.93. The lowest BCUT2D eigenvalue weighted by molar-refractivity contribution is 0.0514. The predicted octanol–water partition coefficient (Wildman–Crippen LogP) is 3.01. The molecule has 3 unspecified atom stereocenters. The summed E-state index contributed by atoms with van der Waals surface area (Å²) in [5.41, 5.74) is 6.45. The molecule has 2 rings (SSSR count). The van der Waals surface area contributed by atoms with Gasteiger partial charge in [-0.1, -0.05) is 27.2 Å². The predicted molar refractivity (Wildman–Crippen MR) is 74.0 cm³/mol. The minimum atomic E-state index is 0.398. The maximum absolute atomic E-state index is 6.05. The van der Waals surface area contributed by atoms with Gasteiger partial charge >= 0.3 is 0 Å². The summed E-state index contributed by atoms with van der Waals surface area (Å²) in [4.78, 5) is 2.77. The number of rotatable bonds is 3. The van der Waals surface area contributed by atoms with Gasteiger partial charge in [-0.05, 0) is 50.0 Å². The van der Waals surface area contributed by atoms with Gasteiger partial charge in [-0.2, -0.15) is 0 Å². The van der Waals surface area contributed by atoms with E-state index in [1.807, 2.05) is 0 Å². The van der Waals surface area contributed by atoms with E-state index in [-0.39, 0.29) is 0 Å². The summed E-state index contributed by atoms with van der Waals surface area (Å²) in [6, 6.07) is 1.47. The minimum Gasteiger partial charge on any atom is -0.329 e. The number of hydrogen-bond acceptors (Lipinski definition) is 2. The number of hydrogen-bond donors (Lipinski definition) is 1. The van der Waals surface area contributed by atoms with Crippen LogP contribution in [0, 0.1) is 11.3 Å². The van der Waals surface area contributed by atoms with Crippen molar-refractivity contribution in [3.8, 4) is 0 Å². The molecule has 1 aliphatic heterocycles.